The summed E-state index contributed by atoms with van der Waals surface area (Å²) in [7, 11) is -3.62. The number of sulfonamides is 1. The predicted octanol–water partition coefficient (Wildman–Crippen LogP) is 3.72. The summed E-state index contributed by atoms with van der Waals surface area (Å²) >= 11 is 0. The Labute approximate surface area is 183 Å². The van der Waals surface area contributed by atoms with E-state index in [-0.39, 0.29) is 41.6 Å². The molecule has 158 valence electrons. The Morgan fingerprint density at radius 3 is 2.59 bits per heavy atom. The molecule has 0 amide bonds. The van der Waals surface area contributed by atoms with Gasteiger partial charge in [-0.3, -0.25) is 4.98 Å². The highest BCUT2D eigenvalue weighted by molar-refractivity contribution is 7.89. The van der Waals surface area contributed by atoms with Crippen molar-refractivity contribution in [1.29, 1.82) is 0 Å². The molecule has 2 aromatic carbocycles. The molecule has 0 aliphatic carbocycles. The third-order valence-corrected chi connectivity index (χ3v) is 5.85. The van der Waals surface area contributed by atoms with Crippen LogP contribution in [0, 0.1) is 5.82 Å². The van der Waals surface area contributed by atoms with E-state index in [2.05, 4.69) is 15.0 Å². The Hall–Kier alpha value is -1.77. The van der Waals surface area contributed by atoms with Crippen molar-refractivity contribution in [2.75, 3.05) is 13.1 Å². The van der Waals surface area contributed by atoms with Gasteiger partial charge in [0.1, 0.15) is 5.82 Å². The minimum Gasteiger partial charge on any atom is -0.315 e. The predicted molar refractivity (Wildman–Crippen MR) is 119 cm³/mol. The Balaban J connectivity index is 0.00000210. The Bertz CT molecular complexity index is 1030. The van der Waals surface area contributed by atoms with Gasteiger partial charge in [-0.2, -0.15) is 0 Å². The van der Waals surface area contributed by atoms with Gasteiger partial charge in [0, 0.05) is 30.4 Å². The summed E-state index contributed by atoms with van der Waals surface area (Å²) in [6.07, 6.45) is 3.88. The highest BCUT2D eigenvalue weighted by Gasteiger charge is 2.17. The molecule has 0 radical (unpaired) electrons. The summed E-state index contributed by atoms with van der Waals surface area (Å²) in [5.41, 5.74) is 0.642. The van der Waals surface area contributed by atoms with E-state index in [1.165, 1.54) is 6.07 Å². The van der Waals surface area contributed by atoms with Crippen LogP contribution in [-0.4, -0.2) is 32.5 Å². The van der Waals surface area contributed by atoms with E-state index < -0.39 is 10.0 Å². The second kappa shape index (κ2) is 11.4. The van der Waals surface area contributed by atoms with Crippen molar-refractivity contribution in [3.05, 3.63) is 72.3 Å². The van der Waals surface area contributed by atoms with Crippen LogP contribution in [0.4, 0.5) is 4.39 Å². The zero-order valence-electron chi connectivity index (χ0n) is 15.8. The molecule has 1 atom stereocenters. The fraction of sp³-hybridized carbons (Fsp3) is 0.250. The molecule has 5 nitrogen and oxygen atoms in total. The third-order valence-electron chi connectivity index (χ3n) is 4.26. The number of nitrogens with zero attached hydrogens (tertiary/aromatic N) is 1. The first kappa shape index (κ1) is 25.3. The number of rotatable bonds is 8. The maximum atomic E-state index is 13.6. The summed E-state index contributed by atoms with van der Waals surface area (Å²) in [6.45, 7) is 2.81. The molecule has 0 saturated carbocycles. The monoisotopic (exact) mass is 459 g/mol. The SMILES string of the molecule is C[C@H](CNCCc1ccccc1F)NS(=O)(=O)c1ccc2cnccc2c1.Cl.Cl. The van der Waals surface area contributed by atoms with Crippen molar-refractivity contribution in [3.8, 4) is 0 Å². The van der Waals surface area contributed by atoms with Crippen LogP contribution >= 0.6 is 24.8 Å². The van der Waals surface area contributed by atoms with Gasteiger partial charge in [0.25, 0.3) is 0 Å². The molecule has 1 heterocycles. The molecule has 0 saturated heterocycles. The summed E-state index contributed by atoms with van der Waals surface area (Å²) in [4.78, 5) is 4.25. The quantitative estimate of drug-likeness (QED) is 0.503. The smallest absolute Gasteiger partial charge is 0.240 e. The molecule has 0 aliphatic heterocycles. The number of hydrogen-bond acceptors (Lipinski definition) is 4. The van der Waals surface area contributed by atoms with E-state index in [9.17, 15) is 12.8 Å². The van der Waals surface area contributed by atoms with Gasteiger partial charge in [-0.05, 0) is 55.1 Å². The Morgan fingerprint density at radius 2 is 1.83 bits per heavy atom. The fourth-order valence-corrected chi connectivity index (χ4v) is 4.12. The van der Waals surface area contributed by atoms with Gasteiger partial charge in [0.15, 0.2) is 0 Å². The van der Waals surface area contributed by atoms with Crippen LogP contribution in [0.2, 0.25) is 0 Å². The lowest BCUT2D eigenvalue weighted by Crippen LogP contribution is -2.40. The van der Waals surface area contributed by atoms with Gasteiger partial charge in [-0.25, -0.2) is 17.5 Å². The molecule has 0 bridgehead atoms. The normalized spacial score (nSPS) is 12.1. The summed E-state index contributed by atoms with van der Waals surface area (Å²) in [5, 5.41) is 4.87. The van der Waals surface area contributed by atoms with Crippen LogP contribution in [0.5, 0.6) is 0 Å². The largest absolute Gasteiger partial charge is 0.315 e. The molecule has 9 heteroatoms. The molecule has 1 aromatic heterocycles. The van der Waals surface area contributed by atoms with Crippen molar-refractivity contribution in [2.45, 2.75) is 24.3 Å². The van der Waals surface area contributed by atoms with Crippen molar-refractivity contribution >= 4 is 45.6 Å². The number of fused-ring (bicyclic) bond motifs is 1. The zero-order chi connectivity index (χ0) is 19.3. The molecule has 0 fully saturated rings. The van der Waals surface area contributed by atoms with Gasteiger partial charge < -0.3 is 5.32 Å². The van der Waals surface area contributed by atoms with Crippen molar-refractivity contribution < 1.29 is 12.8 Å². The number of aromatic nitrogens is 1. The minimum atomic E-state index is -3.62. The second-order valence-corrected chi connectivity index (χ2v) is 8.17. The van der Waals surface area contributed by atoms with Crippen LogP contribution in [0.1, 0.15) is 12.5 Å². The van der Waals surface area contributed by atoms with Gasteiger partial charge in [-0.15, -0.1) is 24.8 Å². The number of benzene rings is 2. The van der Waals surface area contributed by atoms with Gasteiger partial charge in [0.05, 0.1) is 4.90 Å². The number of halogens is 3. The third kappa shape index (κ3) is 6.90. The number of nitrogens with one attached hydrogen (secondary N) is 2. The zero-order valence-corrected chi connectivity index (χ0v) is 18.3. The maximum Gasteiger partial charge on any atom is 0.240 e. The average molecular weight is 460 g/mol. The molecule has 3 aromatic rings. The first-order valence-electron chi connectivity index (χ1n) is 8.76. The molecule has 0 spiro atoms. The standard InChI is InChI=1S/C20H22FN3O2S.2ClH/c1-15(13-22-10-8-16-4-2-3-5-20(16)21)24-27(25,26)19-7-6-18-14-23-11-9-17(18)12-19;;/h2-7,9,11-12,14-15,22,24H,8,10,13H2,1H3;2*1H/t15-;;/m1../s1. The van der Waals surface area contributed by atoms with Crippen molar-refractivity contribution in [1.82, 2.24) is 15.0 Å². The molecule has 3 rings (SSSR count). The molecule has 0 unspecified atom stereocenters. The maximum absolute atomic E-state index is 13.6. The molecular formula is C20H24Cl2FN3O2S. The second-order valence-electron chi connectivity index (χ2n) is 6.45. The first-order chi connectivity index (χ1) is 13.0. The van der Waals surface area contributed by atoms with E-state index in [0.717, 1.165) is 10.8 Å². The van der Waals surface area contributed by atoms with Crippen LogP contribution in [-0.2, 0) is 16.4 Å². The summed E-state index contributed by atoms with van der Waals surface area (Å²) in [5.74, 6) is -0.223. The highest BCUT2D eigenvalue weighted by atomic mass is 35.5. The number of hydrogen-bond donors (Lipinski definition) is 2. The van der Waals surface area contributed by atoms with Crippen LogP contribution in [0.15, 0.2) is 65.8 Å². The van der Waals surface area contributed by atoms with E-state index in [0.29, 0.717) is 25.1 Å². The van der Waals surface area contributed by atoms with Crippen molar-refractivity contribution in [2.24, 2.45) is 0 Å². The summed E-state index contributed by atoms with van der Waals surface area (Å²) in [6, 6.07) is 13.1. The average Bonchev–Trinajstić information content (AvgIpc) is 2.66. The number of pyridine rings is 1. The molecule has 2 N–H and O–H groups in total. The first-order valence-corrected chi connectivity index (χ1v) is 10.2. The lowest BCUT2D eigenvalue weighted by Gasteiger charge is -2.15. The Morgan fingerprint density at radius 1 is 1.07 bits per heavy atom. The van der Waals surface area contributed by atoms with Crippen LogP contribution in [0.25, 0.3) is 10.8 Å². The fourth-order valence-electron chi connectivity index (χ4n) is 2.85. The van der Waals surface area contributed by atoms with Gasteiger partial charge >= 0.3 is 0 Å². The topological polar surface area (TPSA) is 71.1 Å². The minimum absolute atomic E-state index is 0. The molecule has 0 aliphatic rings. The Kier molecular flexibility index (Phi) is 9.95. The van der Waals surface area contributed by atoms with Gasteiger partial charge in [0.2, 0.25) is 10.0 Å². The van der Waals surface area contributed by atoms with Gasteiger partial charge in [-0.1, -0.05) is 24.3 Å². The summed E-state index contributed by atoms with van der Waals surface area (Å²) < 4.78 is 41.4. The van der Waals surface area contributed by atoms with E-state index in [1.54, 1.807) is 61.8 Å². The van der Waals surface area contributed by atoms with E-state index >= 15 is 0 Å². The van der Waals surface area contributed by atoms with Crippen LogP contribution < -0.4 is 10.0 Å². The van der Waals surface area contributed by atoms with Crippen LogP contribution in [0.3, 0.4) is 0 Å². The van der Waals surface area contributed by atoms with Crippen molar-refractivity contribution in [3.63, 3.8) is 0 Å². The van der Waals surface area contributed by atoms with E-state index in [1.807, 2.05) is 0 Å². The lowest BCUT2D eigenvalue weighted by molar-refractivity contribution is 0.534. The highest BCUT2D eigenvalue weighted by Crippen LogP contribution is 2.18. The van der Waals surface area contributed by atoms with E-state index in [4.69, 9.17) is 0 Å². The lowest BCUT2D eigenvalue weighted by atomic mass is 10.1. The molecule has 29 heavy (non-hydrogen) atoms. The molecular weight excluding hydrogens is 436 g/mol.